The van der Waals surface area contributed by atoms with Crippen molar-refractivity contribution in [3.8, 4) is 0 Å². The number of hydrogen-bond acceptors (Lipinski definition) is 4. The Morgan fingerprint density at radius 2 is 2.00 bits per heavy atom. The van der Waals surface area contributed by atoms with Gasteiger partial charge in [0.25, 0.3) is 10.0 Å². The lowest BCUT2D eigenvalue weighted by Gasteiger charge is -2.19. The lowest BCUT2D eigenvalue weighted by atomic mass is 10.2. The molecule has 0 saturated carbocycles. The highest BCUT2D eigenvalue weighted by Crippen LogP contribution is 2.21. The molecule has 0 spiro atoms. The van der Waals surface area contributed by atoms with E-state index in [4.69, 9.17) is 5.11 Å². The van der Waals surface area contributed by atoms with Gasteiger partial charge in [0.2, 0.25) is 0 Å². The SMILES string of the molecule is Cc1cccc(N(C)S(=O)(=O)c2ccc(CO)cn2)c1. The molecule has 106 valence electrons. The molecule has 1 aromatic carbocycles. The zero-order valence-electron chi connectivity index (χ0n) is 11.3. The topological polar surface area (TPSA) is 70.5 Å². The molecular weight excluding hydrogens is 276 g/mol. The van der Waals surface area contributed by atoms with Gasteiger partial charge in [-0.05, 0) is 36.2 Å². The molecular formula is C14H16N2O3S. The number of rotatable bonds is 4. The van der Waals surface area contributed by atoms with Crippen LogP contribution in [0.15, 0.2) is 47.6 Å². The van der Waals surface area contributed by atoms with E-state index in [1.54, 1.807) is 24.3 Å². The van der Waals surface area contributed by atoms with Crippen LogP contribution in [0.2, 0.25) is 0 Å². The van der Waals surface area contributed by atoms with Crippen molar-refractivity contribution in [1.82, 2.24) is 4.98 Å². The molecule has 20 heavy (non-hydrogen) atoms. The van der Waals surface area contributed by atoms with Gasteiger partial charge in [0.05, 0.1) is 12.3 Å². The van der Waals surface area contributed by atoms with Gasteiger partial charge < -0.3 is 5.11 Å². The molecule has 2 rings (SSSR count). The second-order valence-corrected chi connectivity index (χ2v) is 6.39. The molecule has 0 fully saturated rings. The van der Waals surface area contributed by atoms with Gasteiger partial charge in [0.1, 0.15) is 0 Å². The van der Waals surface area contributed by atoms with Crippen LogP contribution in [0.3, 0.4) is 0 Å². The van der Waals surface area contributed by atoms with Crippen molar-refractivity contribution in [3.05, 3.63) is 53.7 Å². The number of nitrogens with zero attached hydrogens (tertiary/aromatic N) is 2. The summed E-state index contributed by atoms with van der Waals surface area (Å²) in [6.07, 6.45) is 1.36. The molecule has 0 aliphatic heterocycles. The number of benzene rings is 1. The summed E-state index contributed by atoms with van der Waals surface area (Å²) in [4.78, 5) is 3.90. The average Bonchev–Trinajstić information content (AvgIpc) is 2.46. The molecule has 0 saturated heterocycles. The molecule has 1 heterocycles. The van der Waals surface area contributed by atoms with E-state index in [0.717, 1.165) is 5.56 Å². The Hall–Kier alpha value is -1.92. The second kappa shape index (κ2) is 5.60. The average molecular weight is 292 g/mol. The van der Waals surface area contributed by atoms with E-state index in [1.165, 1.54) is 23.6 Å². The van der Waals surface area contributed by atoms with Gasteiger partial charge in [-0.2, -0.15) is 8.42 Å². The molecule has 0 aliphatic carbocycles. The third kappa shape index (κ3) is 2.81. The standard InChI is InChI=1S/C14H16N2O3S/c1-11-4-3-5-13(8-11)16(2)20(18,19)14-7-6-12(10-17)9-15-14/h3-9,17H,10H2,1-2H3. The summed E-state index contributed by atoms with van der Waals surface area (Å²) < 4.78 is 26.1. The molecule has 0 amide bonds. The Balaban J connectivity index is 2.38. The van der Waals surface area contributed by atoms with Crippen molar-refractivity contribution in [1.29, 1.82) is 0 Å². The van der Waals surface area contributed by atoms with E-state index in [0.29, 0.717) is 11.3 Å². The van der Waals surface area contributed by atoms with Gasteiger partial charge in [-0.3, -0.25) is 4.31 Å². The van der Waals surface area contributed by atoms with E-state index in [-0.39, 0.29) is 11.6 Å². The van der Waals surface area contributed by atoms with Crippen LogP contribution < -0.4 is 4.31 Å². The Labute approximate surface area is 118 Å². The molecule has 1 N–H and O–H groups in total. The highest BCUT2D eigenvalue weighted by Gasteiger charge is 2.22. The zero-order valence-corrected chi connectivity index (χ0v) is 12.1. The Bertz CT molecular complexity index is 697. The van der Waals surface area contributed by atoms with Crippen LogP contribution in [0.25, 0.3) is 0 Å². The van der Waals surface area contributed by atoms with Gasteiger partial charge in [-0.1, -0.05) is 18.2 Å². The van der Waals surface area contributed by atoms with Crippen molar-refractivity contribution in [2.24, 2.45) is 0 Å². The van der Waals surface area contributed by atoms with Crippen LogP contribution in [-0.2, 0) is 16.6 Å². The van der Waals surface area contributed by atoms with Crippen LogP contribution in [0, 0.1) is 6.92 Å². The lowest BCUT2D eigenvalue weighted by molar-refractivity contribution is 0.281. The number of anilines is 1. The quantitative estimate of drug-likeness (QED) is 0.931. The fourth-order valence-corrected chi connectivity index (χ4v) is 2.86. The summed E-state index contributed by atoms with van der Waals surface area (Å²) in [6, 6.07) is 10.2. The van der Waals surface area contributed by atoms with Crippen LogP contribution in [0.1, 0.15) is 11.1 Å². The molecule has 5 nitrogen and oxygen atoms in total. The summed E-state index contributed by atoms with van der Waals surface area (Å²) >= 11 is 0. The van der Waals surface area contributed by atoms with Crippen molar-refractivity contribution in [2.75, 3.05) is 11.4 Å². The highest BCUT2D eigenvalue weighted by atomic mass is 32.2. The first-order valence-corrected chi connectivity index (χ1v) is 7.50. The fraction of sp³-hybridized carbons (Fsp3) is 0.214. The first-order chi connectivity index (χ1) is 9.45. The minimum Gasteiger partial charge on any atom is -0.392 e. The van der Waals surface area contributed by atoms with Crippen LogP contribution in [0.5, 0.6) is 0 Å². The largest absolute Gasteiger partial charge is 0.392 e. The number of aryl methyl sites for hydroxylation is 1. The van der Waals surface area contributed by atoms with Crippen LogP contribution >= 0.6 is 0 Å². The number of aliphatic hydroxyl groups excluding tert-OH is 1. The van der Waals surface area contributed by atoms with E-state index in [9.17, 15) is 8.42 Å². The van der Waals surface area contributed by atoms with Crippen LogP contribution in [0.4, 0.5) is 5.69 Å². The van der Waals surface area contributed by atoms with Gasteiger partial charge in [-0.25, -0.2) is 4.98 Å². The summed E-state index contributed by atoms with van der Waals surface area (Å²) in [6.45, 7) is 1.74. The summed E-state index contributed by atoms with van der Waals surface area (Å²) in [5.41, 5.74) is 2.13. The number of aromatic nitrogens is 1. The molecule has 0 unspecified atom stereocenters. The van der Waals surface area contributed by atoms with Gasteiger partial charge in [0, 0.05) is 13.2 Å². The van der Waals surface area contributed by atoms with E-state index in [1.807, 2.05) is 13.0 Å². The van der Waals surface area contributed by atoms with E-state index >= 15 is 0 Å². The fourth-order valence-electron chi connectivity index (χ4n) is 1.76. The third-order valence-corrected chi connectivity index (χ3v) is 4.67. The lowest BCUT2D eigenvalue weighted by Crippen LogP contribution is -2.27. The third-order valence-electron chi connectivity index (χ3n) is 2.97. The first kappa shape index (κ1) is 14.5. The number of sulfonamides is 1. The Morgan fingerprint density at radius 1 is 1.25 bits per heavy atom. The van der Waals surface area contributed by atoms with Crippen molar-refractivity contribution >= 4 is 15.7 Å². The number of pyridine rings is 1. The number of aliphatic hydroxyl groups is 1. The smallest absolute Gasteiger partial charge is 0.281 e. The maximum absolute atomic E-state index is 12.4. The maximum atomic E-state index is 12.4. The minimum atomic E-state index is -3.69. The normalized spacial score (nSPS) is 11.3. The van der Waals surface area contributed by atoms with Gasteiger partial charge in [0.15, 0.2) is 5.03 Å². The highest BCUT2D eigenvalue weighted by molar-refractivity contribution is 7.92. The maximum Gasteiger partial charge on any atom is 0.281 e. The van der Waals surface area contributed by atoms with E-state index in [2.05, 4.69) is 4.98 Å². The zero-order chi connectivity index (χ0) is 14.8. The predicted molar refractivity (Wildman–Crippen MR) is 76.9 cm³/mol. The number of hydrogen-bond donors (Lipinski definition) is 1. The second-order valence-electron chi connectivity index (χ2n) is 4.47. The Morgan fingerprint density at radius 3 is 2.55 bits per heavy atom. The summed E-state index contributed by atoms with van der Waals surface area (Å²) in [5, 5.41) is 8.91. The molecule has 2 aromatic rings. The van der Waals surface area contributed by atoms with Crippen molar-refractivity contribution < 1.29 is 13.5 Å². The molecule has 0 bridgehead atoms. The van der Waals surface area contributed by atoms with Crippen molar-refractivity contribution in [2.45, 2.75) is 18.6 Å². The van der Waals surface area contributed by atoms with Crippen molar-refractivity contribution in [3.63, 3.8) is 0 Å². The molecule has 0 radical (unpaired) electrons. The summed E-state index contributed by atoms with van der Waals surface area (Å²) in [5.74, 6) is 0. The molecule has 1 aromatic heterocycles. The molecule has 6 heteroatoms. The first-order valence-electron chi connectivity index (χ1n) is 6.06. The van der Waals surface area contributed by atoms with Gasteiger partial charge in [-0.15, -0.1) is 0 Å². The Kier molecular flexibility index (Phi) is 4.06. The van der Waals surface area contributed by atoms with E-state index < -0.39 is 10.0 Å². The van der Waals surface area contributed by atoms with Gasteiger partial charge >= 0.3 is 0 Å². The molecule has 0 aliphatic rings. The predicted octanol–water partition coefficient (Wildman–Crippen LogP) is 1.71. The summed E-state index contributed by atoms with van der Waals surface area (Å²) in [7, 11) is -2.20. The molecule has 0 atom stereocenters. The monoisotopic (exact) mass is 292 g/mol. The minimum absolute atomic E-state index is 0.0429. The van der Waals surface area contributed by atoms with Crippen LogP contribution in [-0.4, -0.2) is 25.6 Å².